The Balaban J connectivity index is 1.54. The number of carbonyl (C=O) groups is 1. The van der Waals surface area contributed by atoms with Gasteiger partial charge in [0, 0.05) is 24.5 Å². The lowest BCUT2D eigenvalue weighted by atomic mass is 10.3. The third-order valence-corrected chi connectivity index (χ3v) is 6.85. The first-order valence-corrected chi connectivity index (χ1v) is 11.3. The number of benzene rings is 2. The molecule has 2 aromatic carbocycles. The molecule has 0 radical (unpaired) electrons. The van der Waals surface area contributed by atoms with Crippen LogP contribution in [0.3, 0.4) is 0 Å². The normalized spacial score (nSPS) is 11.6. The molecule has 1 amide bonds. The van der Waals surface area contributed by atoms with Gasteiger partial charge in [0.1, 0.15) is 5.01 Å². The first kappa shape index (κ1) is 19.9. The minimum atomic E-state index is -3.64. The molecule has 1 N–H and O–H groups in total. The Morgan fingerprint density at radius 2 is 2.00 bits per heavy atom. The van der Waals surface area contributed by atoms with Gasteiger partial charge >= 0.3 is 0 Å². The predicted octanol–water partition coefficient (Wildman–Crippen LogP) is 3.39. The Labute approximate surface area is 170 Å². The maximum atomic E-state index is 12.3. The van der Waals surface area contributed by atoms with E-state index in [1.54, 1.807) is 35.4 Å². The second kappa shape index (κ2) is 8.47. The second-order valence-electron chi connectivity index (χ2n) is 5.93. The van der Waals surface area contributed by atoms with Gasteiger partial charge in [0.2, 0.25) is 15.9 Å². The Morgan fingerprint density at radius 3 is 2.74 bits per heavy atom. The van der Waals surface area contributed by atoms with Gasteiger partial charge in [0.25, 0.3) is 0 Å². The molecule has 3 rings (SSSR count). The van der Waals surface area contributed by atoms with Crippen LogP contribution in [0.15, 0.2) is 57.9 Å². The predicted molar refractivity (Wildman–Crippen MR) is 110 cm³/mol. The van der Waals surface area contributed by atoms with Crippen molar-refractivity contribution in [2.75, 3.05) is 13.6 Å². The smallest absolute Gasteiger partial charge is 0.240 e. The van der Waals surface area contributed by atoms with Crippen LogP contribution in [0.4, 0.5) is 0 Å². The minimum absolute atomic E-state index is 0.0395. The van der Waals surface area contributed by atoms with Crippen LogP contribution >= 0.6 is 27.3 Å². The number of halogens is 1. The number of thiazole rings is 1. The molecular weight excluding hydrogens is 450 g/mol. The molecule has 0 spiro atoms. The minimum Gasteiger partial charge on any atom is -0.339 e. The van der Waals surface area contributed by atoms with Crippen molar-refractivity contribution in [1.29, 1.82) is 0 Å². The maximum absolute atomic E-state index is 12.3. The molecule has 142 valence electrons. The highest BCUT2D eigenvalue weighted by molar-refractivity contribution is 9.10. The van der Waals surface area contributed by atoms with E-state index in [4.69, 9.17) is 0 Å². The third kappa shape index (κ3) is 5.13. The van der Waals surface area contributed by atoms with E-state index in [-0.39, 0.29) is 23.8 Å². The van der Waals surface area contributed by atoms with Crippen molar-refractivity contribution in [3.8, 4) is 0 Å². The Bertz CT molecular complexity index is 1030. The van der Waals surface area contributed by atoms with Crippen LogP contribution in [0.1, 0.15) is 11.4 Å². The summed E-state index contributed by atoms with van der Waals surface area (Å²) in [5.41, 5.74) is 0.917. The van der Waals surface area contributed by atoms with Gasteiger partial charge in [0.15, 0.2) is 0 Å². The zero-order chi connectivity index (χ0) is 19.4. The molecule has 0 aliphatic heterocycles. The highest BCUT2D eigenvalue weighted by Crippen LogP contribution is 2.22. The molecule has 0 bridgehead atoms. The fraction of sp³-hybridized carbons (Fsp3) is 0.222. The van der Waals surface area contributed by atoms with Crippen LogP contribution < -0.4 is 4.72 Å². The quantitative estimate of drug-likeness (QED) is 0.577. The molecule has 0 aliphatic rings. The van der Waals surface area contributed by atoms with Crippen LogP contribution in [0, 0.1) is 0 Å². The molecule has 0 saturated carbocycles. The number of carbonyl (C=O) groups excluding carboxylic acids is 1. The molecule has 0 saturated heterocycles. The number of hydrogen-bond acceptors (Lipinski definition) is 5. The summed E-state index contributed by atoms with van der Waals surface area (Å²) < 4.78 is 28.7. The molecule has 0 unspecified atom stereocenters. The van der Waals surface area contributed by atoms with Crippen molar-refractivity contribution in [2.45, 2.75) is 17.9 Å². The molecule has 1 aromatic heterocycles. The van der Waals surface area contributed by atoms with Crippen molar-refractivity contribution in [3.63, 3.8) is 0 Å². The number of nitrogens with one attached hydrogen (secondary N) is 1. The van der Waals surface area contributed by atoms with E-state index in [0.717, 1.165) is 15.2 Å². The monoisotopic (exact) mass is 467 g/mol. The number of aromatic nitrogens is 1. The standard InChI is InChI=1S/C18H18BrN3O3S2/c1-22(12-17-21-15-7-2-3-8-16(15)26-17)18(23)9-10-20-27(24,25)14-6-4-5-13(19)11-14/h2-8,11,20H,9-10,12H2,1H3. The van der Waals surface area contributed by atoms with Crippen LogP contribution in [0.2, 0.25) is 0 Å². The molecule has 9 heteroatoms. The van der Waals surface area contributed by atoms with Crippen LogP contribution in [0.25, 0.3) is 10.2 Å². The van der Waals surface area contributed by atoms with E-state index < -0.39 is 10.0 Å². The largest absolute Gasteiger partial charge is 0.339 e. The molecule has 0 aliphatic carbocycles. The number of nitrogens with zero attached hydrogens (tertiary/aromatic N) is 2. The lowest BCUT2D eigenvalue weighted by Crippen LogP contribution is -2.31. The van der Waals surface area contributed by atoms with Gasteiger partial charge in [-0.2, -0.15) is 0 Å². The Morgan fingerprint density at radius 1 is 1.22 bits per heavy atom. The summed E-state index contributed by atoms with van der Waals surface area (Å²) in [6.45, 7) is 0.439. The zero-order valence-corrected chi connectivity index (χ0v) is 17.8. The summed E-state index contributed by atoms with van der Waals surface area (Å²) in [4.78, 5) is 18.5. The van der Waals surface area contributed by atoms with Crippen molar-refractivity contribution < 1.29 is 13.2 Å². The molecule has 3 aromatic rings. The fourth-order valence-corrected chi connectivity index (χ4v) is 5.13. The van der Waals surface area contributed by atoms with Gasteiger partial charge in [0.05, 0.1) is 21.7 Å². The zero-order valence-electron chi connectivity index (χ0n) is 14.6. The average Bonchev–Trinajstić information content (AvgIpc) is 3.03. The molecule has 1 heterocycles. The van der Waals surface area contributed by atoms with E-state index in [9.17, 15) is 13.2 Å². The number of rotatable bonds is 7. The van der Waals surface area contributed by atoms with Crippen molar-refractivity contribution >= 4 is 53.4 Å². The number of amides is 1. The van der Waals surface area contributed by atoms with Crippen LogP contribution in [-0.4, -0.2) is 37.8 Å². The van der Waals surface area contributed by atoms with Crippen LogP contribution in [0.5, 0.6) is 0 Å². The summed E-state index contributed by atoms with van der Waals surface area (Å²) in [5, 5.41) is 0.849. The number of para-hydroxylation sites is 1. The summed E-state index contributed by atoms with van der Waals surface area (Å²) in [7, 11) is -1.95. The van der Waals surface area contributed by atoms with Crippen molar-refractivity contribution in [3.05, 3.63) is 58.0 Å². The van der Waals surface area contributed by atoms with E-state index in [2.05, 4.69) is 25.6 Å². The van der Waals surface area contributed by atoms with Gasteiger partial charge in [-0.1, -0.05) is 34.1 Å². The summed E-state index contributed by atoms with van der Waals surface area (Å²) in [6.07, 6.45) is 0.0780. The van der Waals surface area contributed by atoms with Gasteiger partial charge in [-0.3, -0.25) is 4.79 Å². The lowest BCUT2D eigenvalue weighted by molar-refractivity contribution is -0.130. The molecule has 0 atom stereocenters. The highest BCUT2D eigenvalue weighted by atomic mass is 79.9. The lowest BCUT2D eigenvalue weighted by Gasteiger charge is -2.15. The van der Waals surface area contributed by atoms with Gasteiger partial charge < -0.3 is 4.90 Å². The van der Waals surface area contributed by atoms with Crippen molar-refractivity contribution in [1.82, 2.24) is 14.6 Å². The molecule has 0 fully saturated rings. The number of fused-ring (bicyclic) bond motifs is 1. The maximum Gasteiger partial charge on any atom is 0.240 e. The fourth-order valence-electron chi connectivity index (χ4n) is 2.48. The topological polar surface area (TPSA) is 79.4 Å². The third-order valence-electron chi connectivity index (χ3n) is 3.87. The SMILES string of the molecule is CN(Cc1nc2ccccc2s1)C(=O)CCNS(=O)(=O)c1cccc(Br)c1. The van der Waals surface area contributed by atoms with Gasteiger partial charge in [-0.25, -0.2) is 18.1 Å². The first-order valence-electron chi connectivity index (χ1n) is 8.19. The molecule has 6 nitrogen and oxygen atoms in total. The van der Waals surface area contributed by atoms with E-state index >= 15 is 0 Å². The number of sulfonamides is 1. The van der Waals surface area contributed by atoms with Gasteiger partial charge in [-0.15, -0.1) is 11.3 Å². The Kier molecular flexibility index (Phi) is 6.25. The summed E-state index contributed by atoms with van der Waals surface area (Å²) >= 11 is 4.80. The van der Waals surface area contributed by atoms with Crippen LogP contribution in [-0.2, 0) is 21.4 Å². The van der Waals surface area contributed by atoms with Gasteiger partial charge in [-0.05, 0) is 30.3 Å². The molecule has 27 heavy (non-hydrogen) atoms. The van der Waals surface area contributed by atoms with Crippen molar-refractivity contribution in [2.24, 2.45) is 0 Å². The van der Waals surface area contributed by atoms with E-state index in [1.165, 1.54) is 12.1 Å². The molecular formula is C18H18BrN3O3S2. The summed E-state index contributed by atoms with van der Waals surface area (Å²) in [6, 6.07) is 14.2. The second-order valence-corrected chi connectivity index (χ2v) is 9.73. The Hall–Kier alpha value is -1.81. The first-order chi connectivity index (χ1) is 12.8. The average molecular weight is 468 g/mol. The number of hydrogen-bond donors (Lipinski definition) is 1. The van der Waals surface area contributed by atoms with E-state index in [1.807, 2.05) is 24.3 Å². The highest BCUT2D eigenvalue weighted by Gasteiger charge is 2.16. The van der Waals surface area contributed by atoms with E-state index in [0.29, 0.717) is 11.0 Å². The summed E-state index contributed by atoms with van der Waals surface area (Å²) in [5.74, 6) is -0.147.